The third kappa shape index (κ3) is 5.72. The van der Waals surface area contributed by atoms with Gasteiger partial charge in [-0.2, -0.15) is 0 Å². The molecular formula is C18H19NO5S. The average Bonchev–Trinajstić information content (AvgIpc) is 2.57. The first-order valence-electron chi connectivity index (χ1n) is 7.68. The minimum Gasteiger partial charge on any atom is -0.492 e. The Kier molecular flexibility index (Phi) is 6.71. The summed E-state index contributed by atoms with van der Waals surface area (Å²) < 4.78 is 17.6. The first-order chi connectivity index (χ1) is 12.0. The maximum atomic E-state index is 12.1. The Balaban J connectivity index is 1.92. The topological polar surface area (TPSA) is 92.7 Å². The number of carboxylic acids is 1. The molecule has 0 heterocycles. The van der Waals surface area contributed by atoms with E-state index in [-0.39, 0.29) is 23.0 Å². The number of carbonyl (C=O) groups is 2. The summed E-state index contributed by atoms with van der Waals surface area (Å²) in [6.45, 7) is 2.33. The summed E-state index contributed by atoms with van der Waals surface area (Å²) in [6, 6.07) is 13.2. The molecule has 2 aromatic carbocycles. The molecule has 0 aliphatic carbocycles. The van der Waals surface area contributed by atoms with Crippen LogP contribution in [0.2, 0.25) is 0 Å². The first kappa shape index (κ1) is 18.7. The molecule has 1 atom stereocenters. The van der Waals surface area contributed by atoms with E-state index >= 15 is 0 Å². The standard InChI is InChI=1S/C18H19NO5S/c1-2-24-16-6-4-3-5-15(16)19-17(20)12-25(23)11-13-7-9-14(10-8-13)18(21)22/h3-10H,2,11-12H2,1H3,(H,19,20)(H,21,22). The molecule has 1 amide bonds. The van der Waals surface area contributed by atoms with Crippen molar-refractivity contribution < 1.29 is 23.6 Å². The van der Waals surface area contributed by atoms with Gasteiger partial charge in [-0.15, -0.1) is 0 Å². The lowest BCUT2D eigenvalue weighted by atomic mass is 10.1. The number of anilines is 1. The molecule has 0 fully saturated rings. The number of rotatable bonds is 8. The Morgan fingerprint density at radius 1 is 1.12 bits per heavy atom. The number of para-hydroxylation sites is 2. The van der Waals surface area contributed by atoms with Crippen LogP contribution in [0.1, 0.15) is 22.8 Å². The number of nitrogens with one attached hydrogen (secondary N) is 1. The van der Waals surface area contributed by atoms with Crippen molar-refractivity contribution >= 4 is 28.4 Å². The van der Waals surface area contributed by atoms with E-state index < -0.39 is 16.8 Å². The molecule has 2 aromatic rings. The largest absolute Gasteiger partial charge is 0.492 e. The Morgan fingerprint density at radius 3 is 2.44 bits per heavy atom. The van der Waals surface area contributed by atoms with E-state index in [1.54, 1.807) is 36.4 Å². The van der Waals surface area contributed by atoms with Gasteiger partial charge >= 0.3 is 5.97 Å². The molecule has 1 unspecified atom stereocenters. The highest BCUT2D eigenvalue weighted by atomic mass is 32.2. The minimum absolute atomic E-state index is 0.152. The van der Waals surface area contributed by atoms with Gasteiger partial charge in [0.1, 0.15) is 11.5 Å². The summed E-state index contributed by atoms with van der Waals surface area (Å²) in [4.78, 5) is 22.9. The number of hydrogen-bond acceptors (Lipinski definition) is 4. The van der Waals surface area contributed by atoms with Gasteiger partial charge in [0.15, 0.2) is 0 Å². The Labute approximate surface area is 148 Å². The number of amides is 1. The molecule has 0 saturated carbocycles. The van der Waals surface area contributed by atoms with Crippen LogP contribution in [0, 0.1) is 0 Å². The molecule has 25 heavy (non-hydrogen) atoms. The van der Waals surface area contributed by atoms with Crippen molar-refractivity contribution in [1.29, 1.82) is 0 Å². The molecule has 0 saturated heterocycles. The van der Waals surface area contributed by atoms with Gasteiger partial charge < -0.3 is 15.2 Å². The van der Waals surface area contributed by atoms with E-state index in [9.17, 15) is 13.8 Å². The van der Waals surface area contributed by atoms with E-state index in [4.69, 9.17) is 9.84 Å². The van der Waals surface area contributed by atoms with E-state index in [1.807, 2.05) is 6.92 Å². The monoisotopic (exact) mass is 361 g/mol. The molecule has 6 nitrogen and oxygen atoms in total. The van der Waals surface area contributed by atoms with Crippen molar-refractivity contribution in [2.45, 2.75) is 12.7 Å². The second kappa shape index (κ2) is 8.98. The van der Waals surface area contributed by atoms with Crippen LogP contribution in [0.3, 0.4) is 0 Å². The smallest absolute Gasteiger partial charge is 0.335 e. The average molecular weight is 361 g/mol. The molecule has 7 heteroatoms. The predicted molar refractivity (Wildman–Crippen MR) is 96.4 cm³/mol. The van der Waals surface area contributed by atoms with Gasteiger partial charge in [-0.1, -0.05) is 24.3 Å². The Morgan fingerprint density at radius 2 is 1.80 bits per heavy atom. The number of ether oxygens (including phenoxy) is 1. The zero-order valence-corrected chi connectivity index (χ0v) is 14.5. The van der Waals surface area contributed by atoms with Gasteiger partial charge in [0.2, 0.25) is 5.91 Å². The van der Waals surface area contributed by atoms with E-state index in [2.05, 4.69) is 5.32 Å². The number of hydrogen-bond donors (Lipinski definition) is 2. The summed E-state index contributed by atoms with van der Waals surface area (Å²) >= 11 is 0. The van der Waals surface area contributed by atoms with Gasteiger partial charge in [-0.25, -0.2) is 4.79 Å². The fourth-order valence-electron chi connectivity index (χ4n) is 2.16. The van der Waals surface area contributed by atoms with Crippen LogP contribution in [-0.2, 0) is 21.3 Å². The Hall–Kier alpha value is -2.67. The van der Waals surface area contributed by atoms with Gasteiger partial charge in [0, 0.05) is 16.6 Å². The van der Waals surface area contributed by atoms with Crippen molar-refractivity contribution in [1.82, 2.24) is 0 Å². The van der Waals surface area contributed by atoms with Crippen molar-refractivity contribution in [3.63, 3.8) is 0 Å². The summed E-state index contributed by atoms with van der Waals surface area (Å²) in [6.07, 6.45) is 0. The highest BCUT2D eigenvalue weighted by Gasteiger charge is 2.12. The molecule has 2 rings (SSSR count). The predicted octanol–water partition coefficient (Wildman–Crippen LogP) is 2.67. The van der Waals surface area contributed by atoms with Gasteiger partial charge in [-0.05, 0) is 36.8 Å². The molecule has 2 N–H and O–H groups in total. The lowest BCUT2D eigenvalue weighted by Crippen LogP contribution is -2.20. The third-order valence-electron chi connectivity index (χ3n) is 3.28. The SMILES string of the molecule is CCOc1ccccc1NC(=O)CS(=O)Cc1ccc(C(=O)O)cc1. The summed E-state index contributed by atoms with van der Waals surface area (Å²) in [5.41, 5.74) is 1.42. The molecule has 0 radical (unpaired) electrons. The normalized spacial score (nSPS) is 11.6. The molecule has 0 spiro atoms. The molecule has 0 aromatic heterocycles. The molecule has 0 bridgehead atoms. The van der Waals surface area contributed by atoms with Crippen LogP contribution in [0.25, 0.3) is 0 Å². The fraction of sp³-hybridized carbons (Fsp3) is 0.222. The summed E-state index contributed by atoms with van der Waals surface area (Å²) in [7, 11) is -1.40. The zero-order chi connectivity index (χ0) is 18.2. The van der Waals surface area contributed by atoms with Crippen molar-refractivity contribution in [2.75, 3.05) is 17.7 Å². The number of carboxylic acid groups (broad SMARTS) is 1. The number of benzene rings is 2. The lowest BCUT2D eigenvalue weighted by Gasteiger charge is -2.11. The highest BCUT2D eigenvalue weighted by molar-refractivity contribution is 7.84. The zero-order valence-electron chi connectivity index (χ0n) is 13.7. The van der Waals surface area contributed by atoms with Gasteiger partial charge in [-0.3, -0.25) is 9.00 Å². The third-order valence-corrected chi connectivity index (χ3v) is 4.52. The van der Waals surface area contributed by atoms with Crippen LogP contribution >= 0.6 is 0 Å². The van der Waals surface area contributed by atoms with Gasteiger partial charge in [0.05, 0.1) is 17.9 Å². The van der Waals surface area contributed by atoms with Crippen LogP contribution in [0.4, 0.5) is 5.69 Å². The van der Waals surface area contributed by atoms with Gasteiger partial charge in [0.25, 0.3) is 0 Å². The van der Waals surface area contributed by atoms with Crippen molar-refractivity contribution in [3.8, 4) is 5.75 Å². The molecular weight excluding hydrogens is 342 g/mol. The highest BCUT2D eigenvalue weighted by Crippen LogP contribution is 2.23. The van der Waals surface area contributed by atoms with E-state index in [0.29, 0.717) is 23.6 Å². The number of carbonyl (C=O) groups excluding carboxylic acids is 1. The lowest BCUT2D eigenvalue weighted by molar-refractivity contribution is -0.113. The van der Waals surface area contributed by atoms with E-state index in [0.717, 1.165) is 0 Å². The summed E-state index contributed by atoms with van der Waals surface area (Å²) in [5.74, 6) is -0.789. The first-order valence-corrected chi connectivity index (χ1v) is 9.17. The van der Waals surface area contributed by atoms with Crippen LogP contribution in [0.15, 0.2) is 48.5 Å². The minimum atomic E-state index is -1.40. The number of aromatic carboxylic acids is 1. The fourth-order valence-corrected chi connectivity index (χ4v) is 3.20. The second-order valence-electron chi connectivity index (χ2n) is 5.21. The maximum absolute atomic E-state index is 12.1. The molecule has 132 valence electrons. The van der Waals surface area contributed by atoms with Crippen LogP contribution < -0.4 is 10.1 Å². The molecule has 0 aliphatic rings. The van der Waals surface area contributed by atoms with Crippen LogP contribution in [-0.4, -0.2) is 33.6 Å². The molecule has 0 aliphatic heterocycles. The van der Waals surface area contributed by atoms with Crippen LogP contribution in [0.5, 0.6) is 5.75 Å². The van der Waals surface area contributed by atoms with Crippen molar-refractivity contribution in [3.05, 3.63) is 59.7 Å². The summed E-state index contributed by atoms with van der Waals surface area (Å²) in [5, 5.41) is 11.6. The maximum Gasteiger partial charge on any atom is 0.335 e. The Bertz CT molecular complexity index is 773. The second-order valence-corrected chi connectivity index (χ2v) is 6.66. The quantitative estimate of drug-likeness (QED) is 0.754. The van der Waals surface area contributed by atoms with E-state index in [1.165, 1.54) is 12.1 Å². The van der Waals surface area contributed by atoms with Crippen molar-refractivity contribution in [2.24, 2.45) is 0 Å².